The highest BCUT2D eigenvalue weighted by molar-refractivity contribution is 5.81. The Balaban J connectivity index is 2.89. The van der Waals surface area contributed by atoms with Gasteiger partial charge in [-0.05, 0) is 24.6 Å². The Kier molecular flexibility index (Phi) is 3.68. The van der Waals surface area contributed by atoms with Crippen molar-refractivity contribution in [2.75, 3.05) is 0 Å². The summed E-state index contributed by atoms with van der Waals surface area (Å²) < 4.78 is 13.1. The van der Waals surface area contributed by atoms with Crippen LogP contribution >= 0.6 is 0 Å². The third-order valence-electron chi connectivity index (χ3n) is 2.11. The quantitative estimate of drug-likeness (QED) is 0.625. The van der Waals surface area contributed by atoms with Crippen LogP contribution in [0.4, 0.5) is 10.1 Å². The van der Waals surface area contributed by atoms with Crippen molar-refractivity contribution >= 4 is 11.5 Å². The number of alkyl halides is 1. The van der Waals surface area contributed by atoms with E-state index in [4.69, 9.17) is 0 Å². The number of hydrogen-bond donors (Lipinski definition) is 1. The van der Waals surface area contributed by atoms with E-state index < -0.39 is 23.0 Å². The minimum atomic E-state index is -2.01. The van der Waals surface area contributed by atoms with Gasteiger partial charge in [-0.25, -0.2) is 4.39 Å². The van der Waals surface area contributed by atoms with Crippen LogP contribution < -0.4 is 0 Å². The zero-order chi connectivity index (χ0) is 12.3. The highest BCUT2D eigenvalue weighted by Gasteiger charge is 2.24. The Hall–Kier alpha value is -1.82. The van der Waals surface area contributed by atoms with Gasteiger partial charge in [0.1, 0.15) is 6.10 Å². The number of halogens is 1. The lowest BCUT2D eigenvalue weighted by molar-refractivity contribution is -0.384. The molecule has 1 N–H and O–H groups in total. The van der Waals surface area contributed by atoms with Crippen molar-refractivity contribution in [1.29, 1.82) is 0 Å². The number of Topliss-reactive ketones (excluding diaryl/α,β-unsaturated/α-hetero) is 1. The molecule has 0 aliphatic carbocycles. The number of carbonyl (C=O) groups excluding carboxylic acids is 1. The molecule has 6 heteroatoms. The van der Waals surface area contributed by atoms with E-state index in [1.54, 1.807) is 0 Å². The van der Waals surface area contributed by atoms with Gasteiger partial charge in [0, 0.05) is 12.1 Å². The van der Waals surface area contributed by atoms with Crippen LogP contribution in [-0.4, -0.2) is 22.0 Å². The second-order valence-corrected chi connectivity index (χ2v) is 3.31. The van der Waals surface area contributed by atoms with Crippen LogP contribution in [0.2, 0.25) is 0 Å². The first-order chi connectivity index (χ1) is 7.43. The molecule has 0 heterocycles. The number of carbonyl (C=O) groups is 1. The molecule has 86 valence electrons. The molecule has 0 amide bonds. The molecule has 2 atom stereocenters. The second kappa shape index (κ2) is 4.80. The van der Waals surface area contributed by atoms with Crippen LogP contribution in [0.3, 0.4) is 0 Å². The summed E-state index contributed by atoms with van der Waals surface area (Å²) >= 11 is 0. The summed E-state index contributed by atoms with van der Waals surface area (Å²) in [6, 6.07) is 4.73. The Labute approximate surface area is 90.7 Å². The number of nitro benzene ring substituents is 1. The van der Waals surface area contributed by atoms with E-state index in [0.29, 0.717) is 0 Å². The van der Waals surface area contributed by atoms with Crippen molar-refractivity contribution in [1.82, 2.24) is 0 Å². The van der Waals surface area contributed by atoms with E-state index in [0.717, 1.165) is 19.1 Å². The van der Waals surface area contributed by atoms with Crippen molar-refractivity contribution in [3.63, 3.8) is 0 Å². The molecule has 1 aromatic carbocycles. The summed E-state index contributed by atoms with van der Waals surface area (Å²) in [7, 11) is 0. The van der Waals surface area contributed by atoms with E-state index >= 15 is 0 Å². The molecule has 0 bridgehead atoms. The van der Waals surface area contributed by atoms with Gasteiger partial charge in [-0.2, -0.15) is 0 Å². The predicted octanol–water partition coefficient (Wildman–Crippen LogP) is 1.56. The van der Waals surface area contributed by atoms with Gasteiger partial charge in [-0.15, -0.1) is 0 Å². The van der Waals surface area contributed by atoms with Gasteiger partial charge >= 0.3 is 0 Å². The number of aliphatic hydroxyl groups is 1. The number of hydrogen-bond acceptors (Lipinski definition) is 4. The number of ketones is 1. The largest absolute Gasteiger partial charge is 0.385 e. The molecule has 1 rings (SSSR count). The molecule has 0 aliphatic heterocycles. The van der Waals surface area contributed by atoms with E-state index in [-0.39, 0.29) is 11.3 Å². The molecule has 0 aromatic heterocycles. The Morgan fingerprint density at radius 2 is 1.94 bits per heavy atom. The fourth-order valence-corrected chi connectivity index (χ4v) is 1.18. The number of aliphatic hydroxyl groups excluding tert-OH is 1. The molecule has 0 saturated heterocycles. The van der Waals surface area contributed by atoms with Gasteiger partial charge in [-0.3, -0.25) is 14.9 Å². The average molecular weight is 227 g/mol. The maximum atomic E-state index is 13.1. The van der Waals surface area contributed by atoms with Crippen LogP contribution in [0, 0.1) is 10.1 Å². The lowest BCUT2D eigenvalue weighted by Gasteiger charge is -2.12. The molecule has 0 aliphatic rings. The Morgan fingerprint density at radius 1 is 1.44 bits per heavy atom. The van der Waals surface area contributed by atoms with Crippen LogP contribution in [0.5, 0.6) is 0 Å². The van der Waals surface area contributed by atoms with Crippen molar-refractivity contribution in [2.45, 2.75) is 19.2 Å². The Bertz CT molecular complexity index is 404. The van der Waals surface area contributed by atoms with Crippen LogP contribution in [-0.2, 0) is 4.79 Å². The molecule has 0 saturated carbocycles. The number of non-ortho nitro benzene ring substituents is 1. The first-order valence-corrected chi connectivity index (χ1v) is 4.50. The summed E-state index contributed by atoms with van der Waals surface area (Å²) in [5, 5.41) is 19.8. The van der Waals surface area contributed by atoms with Gasteiger partial charge in [0.2, 0.25) is 0 Å². The van der Waals surface area contributed by atoms with Gasteiger partial charge in [0.15, 0.2) is 12.0 Å². The lowest BCUT2D eigenvalue weighted by Crippen LogP contribution is -2.21. The SMILES string of the molecule is CC(=O)[C@H](F)[C@@H](O)c1ccc([N+](=O)[O-])cc1. The van der Waals surface area contributed by atoms with Crippen LogP contribution in [0.15, 0.2) is 24.3 Å². The van der Waals surface area contributed by atoms with E-state index in [2.05, 4.69) is 0 Å². The maximum Gasteiger partial charge on any atom is 0.269 e. The summed E-state index contributed by atoms with van der Waals surface area (Å²) in [5.41, 5.74) is -0.0255. The normalized spacial score (nSPS) is 14.2. The summed E-state index contributed by atoms with van der Waals surface area (Å²) in [5.74, 6) is -0.786. The standard InChI is InChI=1S/C10H10FNO4/c1-6(13)9(11)10(14)7-2-4-8(5-3-7)12(15)16/h2-5,9-10,14H,1H3/t9-,10-/m0/s1. The van der Waals surface area contributed by atoms with Crippen molar-refractivity contribution < 1.29 is 19.2 Å². The molecular formula is C10H10FNO4. The van der Waals surface area contributed by atoms with Gasteiger partial charge in [-0.1, -0.05) is 0 Å². The topological polar surface area (TPSA) is 80.4 Å². The molecular weight excluding hydrogens is 217 g/mol. The number of nitrogens with zero attached hydrogens (tertiary/aromatic N) is 1. The van der Waals surface area contributed by atoms with Crippen molar-refractivity contribution in [3.05, 3.63) is 39.9 Å². The first-order valence-electron chi connectivity index (χ1n) is 4.50. The molecule has 0 fully saturated rings. The molecule has 0 unspecified atom stereocenters. The van der Waals surface area contributed by atoms with Crippen LogP contribution in [0.25, 0.3) is 0 Å². The average Bonchev–Trinajstić information content (AvgIpc) is 2.27. The fraction of sp³-hybridized carbons (Fsp3) is 0.300. The highest BCUT2D eigenvalue weighted by atomic mass is 19.1. The molecule has 5 nitrogen and oxygen atoms in total. The molecule has 16 heavy (non-hydrogen) atoms. The lowest BCUT2D eigenvalue weighted by atomic mass is 10.0. The van der Waals surface area contributed by atoms with E-state index in [9.17, 15) is 24.4 Å². The van der Waals surface area contributed by atoms with Gasteiger partial charge in [0.05, 0.1) is 4.92 Å². The van der Waals surface area contributed by atoms with Gasteiger partial charge in [0.25, 0.3) is 5.69 Å². The third-order valence-corrected chi connectivity index (χ3v) is 2.11. The van der Waals surface area contributed by atoms with Gasteiger partial charge < -0.3 is 5.11 Å². The number of nitro groups is 1. The molecule has 1 aromatic rings. The van der Waals surface area contributed by atoms with Crippen LogP contribution in [0.1, 0.15) is 18.6 Å². The zero-order valence-corrected chi connectivity index (χ0v) is 8.46. The second-order valence-electron chi connectivity index (χ2n) is 3.31. The predicted molar refractivity (Wildman–Crippen MR) is 53.6 cm³/mol. The summed E-state index contributed by atoms with van der Waals surface area (Å²) in [6.45, 7) is 1.03. The first kappa shape index (κ1) is 12.3. The number of benzene rings is 1. The smallest absolute Gasteiger partial charge is 0.269 e. The highest BCUT2D eigenvalue weighted by Crippen LogP contribution is 2.22. The zero-order valence-electron chi connectivity index (χ0n) is 8.46. The number of rotatable bonds is 4. The summed E-state index contributed by atoms with van der Waals surface area (Å²) in [6.07, 6.45) is -3.60. The molecule has 0 radical (unpaired) electrons. The minimum absolute atomic E-state index is 0.133. The molecule has 0 spiro atoms. The van der Waals surface area contributed by atoms with Crippen molar-refractivity contribution in [3.8, 4) is 0 Å². The Morgan fingerprint density at radius 3 is 2.31 bits per heavy atom. The maximum absolute atomic E-state index is 13.1. The minimum Gasteiger partial charge on any atom is -0.385 e. The monoisotopic (exact) mass is 227 g/mol. The van der Waals surface area contributed by atoms with E-state index in [1.807, 2.05) is 0 Å². The third kappa shape index (κ3) is 2.60. The fourth-order valence-electron chi connectivity index (χ4n) is 1.18. The van der Waals surface area contributed by atoms with E-state index in [1.165, 1.54) is 12.1 Å². The summed E-state index contributed by atoms with van der Waals surface area (Å²) in [4.78, 5) is 20.4. The van der Waals surface area contributed by atoms with Crippen molar-refractivity contribution in [2.24, 2.45) is 0 Å².